The highest BCUT2D eigenvalue weighted by molar-refractivity contribution is 6.03. The molecular weight excluding hydrogens is 484 g/mol. The Labute approximate surface area is 226 Å². The van der Waals surface area contributed by atoms with Crippen LogP contribution in [0.1, 0.15) is 60.3 Å². The van der Waals surface area contributed by atoms with E-state index in [1.807, 2.05) is 45.0 Å². The minimum Gasteiger partial charge on any atom is -0.396 e. The number of aliphatic hydroxyl groups is 1. The molecule has 3 aliphatic rings. The zero-order chi connectivity index (χ0) is 27.7. The van der Waals surface area contributed by atoms with Crippen molar-refractivity contribution in [3.8, 4) is 0 Å². The molecule has 3 aliphatic heterocycles. The first-order valence-electron chi connectivity index (χ1n) is 14.2. The molecule has 6 atom stereocenters. The summed E-state index contributed by atoms with van der Waals surface area (Å²) in [4.78, 5) is 45.2. The molecule has 3 unspecified atom stereocenters. The standard InChI is InChI=1S/C29H44N4O5/c1-6-15-30-25(35)22-23-27(37)33(16-9-10-17-34)24(29(23)18-19(4)28(22,5)38-29)26(36)31-20-11-13-21(14-12-20)32(7-2)8-3/h11-14,19,22-24,34H,6-10,15-18H2,1-5H3,(H,30,35)(H,31,36)/t19?,22-,23+,24?,28+,29?/m1/s1. The molecule has 3 amide bonds. The fourth-order valence-electron chi connectivity index (χ4n) is 6.99. The molecule has 9 heteroatoms. The van der Waals surface area contributed by atoms with E-state index < -0.39 is 29.1 Å². The van der Waals surface area contributed by atoms with Gasteiger partial charge in [-0.15, -0.1) is 0 Å². The largest absolute Gasteiger partial charge is 0.396 e. The number of carbonyl (C=O) groups excluding carboxylic acids is 3. The molecule has 1 aromatic carbocycles. The van der Waals surface area contributed by atoms with Crippen LogP contribution < -0.4 is 15.5 Å². The second-order valence-corrected chi connectivity index (χ2v) is 11.2. The lowest BCUT2D eigenvalue weighted by atomic mass is 9.62. The molecule has 1 spiro atoms. The molecule has 9 nitrogen and oxygen atoms in total. The van der Waals surface area contributed by atoms with Crippen LogP contribution in [0.2, 0.25) is 0 Å². The summed E-state index contributed by atoms with van der Waals surface area (Å²) in [6.07, 6.45) is 2.42. The van der Waals surface area contributed by atoms with Gasteiger partial charge in [-0.2, -0.15) is 0 Å². The van der Waals surface area contributed by atoms with Gasteiger partial charge in [0.2, 0.25) is 17.7 Å². The van der Waals surface area contributed by atoms with Crippen molar-refractivity contribution in [2.45, 2.75) is 77.5 Å². The lowest BCUT2D eigenvalue weighted by molar-refractivity contribution is -0.146. The van der Waals surface area contributed by atoms with E-state index in [4.69, 9.17) is 4.74 Å². The highest BCUT2D eigenvalue weighted by Crippen LogP contribution is 2.65. The third-order valence-corrected chi connectivity index (χ3v) is 8.97. The topological polar surface area (TPSA) is 111 Å². The number of nitrogens with zero attached hydrogens (tertiary/aromatic N) is 2. The first-order valence-corrected chi connectivity index (χ1v) is 14.2. The first kappa shape index (κ1) is 28.4. The molecule has 2 bridgehead atoms. The summed E-state index contributed by atoms with van der Waals surface area (Å²) in [5.74, 6) is -2.04. The molecule has 1 aromatic rings. The maximum atomic E-state index is 14.0. The Kier molecular flexibility index (Phi) is 8.37. The van der Waals surface area contributed by atoms with Gasteiger partial charge in [0.05, 0.1) is 17.4 Å². The average molecular weight is 529 g/mol. The number of ether oxygens (including phenoxy) is 1. The number of unbranched alkanes of at least 4 members (excludes halogenated alkanes) is 1. The van der Waals surface area contributed by atoms with Gasteiger partial charge in [-0.05, 0) is 76.6 Å². The van der Waals surface area contributed by atoms with Crippen molar-refractivity contribution in [1.29, 1.82) is 0 Å². The number of rotatable bonds is 12. The summed E-state index contributed by atoms with van der Waals surface area (Å²) in [5.41, 5.74) is -0.158. The molecule has 0 saturated carbocycles. The minimum atomic E-state index is -1.07. The first-order chi connectivity index (χ1) is 18.2. The summed E-state index contributed by atoms with van der Waals surface area (Å²) in [6.45, 7) is 12.8. The molecule has 4 rings (SSSR count). The average Bonchev–Trinajstić information content (AvgIpc) is 3.41. The van der Waals surface area contributed by atoms with Crippen LogP contribution in [0.25, 0.3) is 0 Å². The van der Waals surface area contributed by atoms with Gasteiger partial charge in [-0.25, -0.2) is 0 Å². The number of nitrogens with one attached hydrogen (secondary N) is 2. The third-order valence-electron chi connectivity index (χ3n) is 8.97. The van der Waals surface area contributed by atoms with Crippen LogP contribution in [0.5, 0.6) is 0 Å². The number of carbonyl (C=O) groups is 3. The van der Waals surface area contributed by atoms with Crippen molar-refractivity contribution < 1.29 is 24.2 Å². The van der Waals surface area contributed by atoms with Crippen molar-refractivity contribution >= 4 is 29.1 Å². The van der Waals surface area contributed by atoms with Crippen molar-refractivity contribution in [3.05, 3.63) is 24.3 Å². The van der Waals surface area contributed by atoms with E-state index in [-0.39, 0.29) is 30.2 Å². The molecule has 210 valence electrons. The molecule has 38 heavy (non-hydrogen) atoms. The molecule has 0 aliphatic carbocycles. The quantitative estimate of drug-likeness (QED) is 0.360. The maximum Gasteiger partial charge on any atom is 0.250 e. The van der Waals surface area contributed by atoms with E-state index in [9.17, 15) is 19.5 Å². The molecule has 3 N–H and O–H groups in total. The minimum absolute atomic E-state index is 0.00460. The predicted octanol–water partition coefficient (Wildman–Crippen LogP) is 2.78. The summed E-state index contributed by atoms with van der Waals surface area (Å²) < 4.78 is 6.72. The van der Waals surface area contributed by atoms with Crippen molar-refractivity contribution in [2.75, 3.05) is 43.0 Å². The van der Waals surface area contributed by atoms with Gasteiger partial charge >= 0.3 is 0 Å². The summed E-state index contributed by atoms with van der Waals surface area (Å²) in [7, 11) is 0. The van der Waals surface area contributed by atoms with Gasteiger partial charge in [0, 0.05) is 44.2 Å². The Bertz CT molecular complexity index is 1030. The number of likely N-dealkylation sites (tertiary alicyclic amines) is 1. The Morgan fingerprint density at radius 3 is 2.42 bits per heavy atom. The molecule has 0 aromatic heterocycles. The maximum absolute atomic E-state index is 14.0. The van der Waals surface area contributed by atoms with Crippen LogP contribution >= 0.6 is 0 Å². The SMILES string of the molecule is CCCNC(=O)[C@H]1[C@H]2C(=O)N(CCCCO)C(C(=O)Nc3ccc(N(CC)CC)cc3)C23CC(C)[C@]1(C)O3. The molecular formula is C29H44N4O5. The van der Waals surface area contributed by atoms with E-state index in [2.05, 4.69) is 29.4 Å². The second kappa shape index (κ2) is 11.2. The normalized spacial score (nSPS) is 31.4. The summed E-state index contributed by atoms with van der Waals surface area (Å²) in [6, 6.07) is 6.88. The highest BCUT2D eigenvalue weighted by atomic mass is 16.5. The van der Waals surface area contributed by atoms with Gasteiger partial charge in [-0.3, -0.25) is 14.4 Å². The van der Waals surface area contributed by atoms with Crippen LogP contribution in [0.15, 0.2) is 24.3 Å². The van der Waals surface area contributed by atoms with E-state index in [0.29, 0.717) is 38.0 Å². The lowest BCUT2D eigenvalue weighted by Gasteiger charge is -2.36. The van der Waals surface area contributed by atoms with Crippen molar-refractivity contribution in [1.82, 2.24) is 10.2 Å². The van der Waals surface area contributed by atoms with Gasteiger partial charge < -0.3 is 30.3 Å². The highest BCUT2D eigenvalue weighted by Gasteiger charge is 2.79. The Morgan fingerprint density at radius 1 is 1.13 bits per heavy atom. The van der Waals surface area contributed by atoms with Crippen LogP contribution in [0.3, 0.4) is 0 Å². The Balaban J connectivity index is 1.66. The van der Waals surface area contributed by atoms with E-state index in [0.717, 1.165) is 25.2 Å². The number of hydrogen-bond acceptors (Lipinski definition) is 6. The number of aliphatic hydroxyl groups excluding tert-OH is 1. The van der Waals surface area contributed by atoms with Gasteiger partial charge in [0.15, 0.2) is 0 Å². The number of fused-ring (bicyclic) bond motifs is 1. The van der Waals surface area contributed by atoms with Crippen LogP contribution in [0, 0.1) is 17.8 Å². The number of benzene rings is 1. The fourth-order valence-corrected chi connectivity index (χ4v) is 6.99. The monoisotopic (exact) mass is 528 g/mol. The number of amides is 3. The van der Waals surface area contributed by atoms with E-state index >= 15 is 0 Å². The number of hydrogen-bond donors (Lipinski definition) is 3. The molecule has 3 fully saturated rings. The summed E-state index contributed by atoms with van der Waals surface area (Å²) in [5, 5.41) is 15.4. The Hall–Kier alpha value is -2.65. The fraction of sp³-hybridized carbons (Fsp3) is 0.690. The van der Waals surface area contributed by atoms with Gasteiger partial charge in [0.25, 0.3) is 0 Å². The molecule has 3 heterocycles. The smallest absolute Gasteiger partial charge is 0.250 e. The van der Waals surface area contributed by atoms with E-state index in [1.54, 1.807) is 4.90 Å². The molecule has 3 saturated heterocycles. The van der Waals surface area contributed by atoms with Crippen LogP contribution in [0.4, 0.5) is 11.4 Å². The van der Waals surface area contributed by atoms with Crippen LogP contribution in [-0.4, -0.2) is 77.8 Å². The zero-order valence-electron chi connectivity index (χ0n) is 23.5. The molecule has 0 radical (unpaired) electrons. The second-order valence-electron chi connectivity index (χ2n) is 11.2. The van der Waals surface area contributed by atoms with Crippen molar-refractivity contribution in [2.24, 2.45) is 17.8 Å². The van der Waals surface area contributed by atoms with Crippen LogP contribution in [-0.2, 0) is 19.1 Å². The van der Waals surface area contributed by atoms with E-state index in [1.165, 1.54) is 0 Å². The predicted molar refractivity (Wildman–Crippen MR) is 147 cm³/mol. The number of anilines is 2. The third kappa shape index (κ3) is 4.57. The lowest BCUT2D eigenvalue weighted by Crippen LogP contribution is -2.54. The van der Waals surface area contributed by atoms with Gasteiger partial charge in [-0.1, -0.05) is 13.8 Å². The summed E-state index contributed by atoms with van der Waals surface area (Å²) >= 11 is 0. The Morgan fingerprint density at radius 2 is 1.82 bits per heavy atom. The van der Waals surface area contributed by atoms with Crippen molar-refractivity contribution in [3.63, 3.8) is 0 Å². The van der Waals surface area contributed by atoms with Gasteiger partial charge in [0.1, 0.15) is 11.6 Å². The zero-order valence-corrected chi connectivity index (χ0v) is 23.5.